The van der Waals surface area contributed by atoms with Crippen molar-refractivity contribution in [2.45, 2.75) is 19.0 Å². The highest BCUT2D eigenvalue weighted by molar-refractivity contribution is 7.99. The van der Waals surface area contributed by atoms with Crippen molar-refractivity contribution in [3.8, 4) is 22.1 Å². The van der Waals surface area contributed by atoms with Crippen molar-refractivity contribution >= 4 is 34.7 Å². The lowest BCUT2D eigenvalue weighted by molar-refractivity contribution is -0.113. The van der Waals surface area contributed by atoms with Crippen molar-refractivity contribution in [2.75, 3.05) is 18.2 Å². The van der Waals surface area contributed by atoms with Crippen LogP contribution in [-0.2, 0) is 4.79 Å². The summed E-state index contributed by atoms with van der Waals surface area (Å²) in [4.78, 5) is 13.7. The summed E-state index contributed by atoms with van der Waals surface area (Å²) in [5.74, 6) is 1.70. The van der Waals surface area contributed by atoms with Gasteiger partial charge in [-0.15, -0.1) is 21.5 Å². The molecule has 2 heterocycles. The third-order valence-corrected chi connectivity index (χ3v) is 6.53. The number of thiophene rings is 1. The summed E-state index contributed by atoms with van der Waals surface area (Å²) in [6, 6.07) is 17.8. The smallest absolute Gasteiger partial charge is 0.234 e. The Labute approximate surface area is 189 Å². The molecular weight excluding hydrogens is 428 g/mol. The van der Waals surface area contributed by atoms with E-state index in [4.69, 9.17) is 4.74 Å². The van der Waals surface area contributed by atoms with Gasteiger partial charge in [-0.25, -0.2) is 0 Å². The van der Waals surface area contributed by atoms with Crippen LogP contribution < -0.4 is 10.1 Å². The van der Waals surface area contributed by atoms with Gasteiger partial charge in [0.25, 0.3) is 0 Å². The first kappa shape index (κ1) is 21.1. The van der Waals surface area contributed by atoms with E-state index in [1.807, 2.05) is 78.4 Å². The maximum atomic E-state index is 12.7. The molecule has 0 aliphatic carbocycles. The summed E-state index contributed by atoms with van der Waals surface area (Å²) in [7, 11) is 1.64. The molecule has 0 fully saturated rings. The predicted octanol–water partition coefficient (Wildman–Crippen LogP) is 5.35. The number of carbonyl (C=O) groups excluding carboxylic acids is 1. The zero-order valence-corrected chi connectivity index (χ0v) is 19.1. The van der Waals surface area contributed by atoms with E-state index >= 15 is 0 Å². The largest absolute Gasteiger partial charge is 0.496 e. The number of benzene rings is 2. The van der Waals surface area contributed by atoms with Gasteiger partial charge in [-0.05, 0) is 60.7 Å². The van der Waals surface area contributed by atoms with Gasteiger partial charge in [0.15, 0.2) is 11.0 Å². The van der Waals surface area contributed by atoms with Crippen molar-refractivity contribution in [1.29, 1.82) is 0 Å². The second kappa shape index (κ2) is 9.36. The van der Waals surface area contributed by atoms with E-state index in [0.29, 0.717) is 5.16 Å². The van der Waals surface area contributed by atoms with Crippen molar-refractivity contribution in [1.82, 2.24) is 14.8 Å². The summed E-state index contributed by atoms with van der Waals surface area (Å²) in [6.45, 7) is 3.90. The molecule has 31 heavy (non-hydrogen) atoms. The Kier molecular flexibility index (Phi) is 6.39. The van der Waals surface area contributed by atoms with Crippen molar-refractivity contribution in [3.63, 3.8) is 0 Å². The molecule has 0 saturated carbocycles. The van der Waals surface area contributed by atoms with Gasteiger partial charge in [-0.1, -0.05) is 36.0 Å². The van der Waals surface area contributed by atoms with Gasteiger partial charge in [-0.3, -0.25) is 9.36 Å². The van der Waals surface area contributed by atoms with Crippen LogP contribution >= 0.6 is 23.1 Å². The zero-order valence-electron chi connectivity index (χ0n) is 17.5. The summed E-state index contributed by atoms with van der Waals surface area (Å²) < 4.78 is 7.34. The summed E-state index contributed by atoms with van der Waals surface area (Å²) in [5.41, 5.74) is 3.67. The maximum Gasteiger partial charge on any atom is 0.234 e. The number of amides is 1. The van der Waals surface area contributed by atoms with Crippen LogP contribution in [0.2, 0.25) is 0 Å². The normalized spacial score (nSPS) is 10.8. The standard InChI is InChI=1S/C23H22N4O2S2/c1-15-13-19(29-3)16(2)12-18(15)24-21(28)14-31-23-26-25-22(20-10-7-11-30-20)27(23)17-8-5-4-6-9-17/h4-13H,14H2,1-3H3,(H,24,28). The highest BCUT2D eigenvalue weighted by Gasteiger charge is 2.18. The number of nitrogens with zero attached hydrogens (tertiary/aromatic N) is 3. The first-order valence-electron chi connectivity index (χ1n) is 9.69. The summed E-state index contributed by atoms with van der Waals surface area (Å²) in [5, 5.41) is 14.4. The molecule has 0 spiro atoms. The highest BCUT2D eigenvalue weighted by Crippen LogP contribution is 2.31. The van der Waals surface area contributed by atoms with Crippen LogP contribution in [0.5, 0.6) is 5.75 Å². The Balaban J connectivity index is 1.54. The molecule has 0 radical (unpaired) electrons. The SMILES string of the molecule is COc1cc(C)c(NC(=O)CSc2nnc(-c3cccs3)n2-c2ccccc2)cc1C. The van der Waals surface area contributed by atoms with E-state index in [9.17, 15) is 4.79 Å². The molecule has 1 amide bonds. The molecule has 2 aromatic heterocycles. The minimum absolute atomic E-state index is 0.0991. The molecule has 1 N–H and O–H groups in total. The van der Waals surface area contributed by atoms with E-state index in [1.54, 1.807) is 18.4 Å². The van der Waals surface area contributed by atoms with Gasteiger partial charge in [-0.2, -0.15) is 0 Å². The summed E-state index contributed by atoms with van der Waals surface area (Å²) in [6.07, 6.45) is 0. The predicted molar refractivity (Wildman–Crippen MR) is 126 cm³/mol. The van der Waals surface area contributed by atoms with Crippen LogP contribution in [0.15, 0.2) is 65.1 Å². The van der Waals surface area contributed by atoms with E-state index in [0.717, 1.165) is 39.0 Å². The lowest BCUT2D eigenvalue weighted by Crippen LogP contribution is -2.15. The molecule has 0 saturated heterocycles. The Morgan fingerprint density at radius 3 is 2.61 bits per heavy atom. The lowest BCUT2D eigenvalue weighted by atomic mass is 10.1. The van der Waals surface area contributed by atoms with Gasteiger partial charge in [0, 0.05) is 11.4 Å². The number of thioether (sulfide) groups is 1. The van der Waals surface area contributed by atoms with Gasteiger partial charge < -0.3 is 10.1 Å². The molecule has 158 valence electrons. The fourth-order valence-electron chi connectivity index (χ4n) is 3.20. The molecule has 0 atom stereocenters. The minimum Gasteiger partial charge on any atom is -0.496 e. The number of para-hydroxylation sites is 1. The fraction of sp³-hybridized carbons (Fsp3) is 0.174. The number of aryl methyl sites for hydroxylation is 2. The maximum absolute atomic E-state index is 12.7. The molecule has 0 aliphatic rings. The molecule has 0 bridgehead atoms. The van der Waals surface area contributed by atoms with Crippen LogP contribution in [0.4, 0.5) is 5.69 Å². The fourth-order valence-corrected chi connectivity index (χ4v) is 4.65. The second-order valence-electron chi connectivity index (χ2n) is 6.93. The topological polar surface area (TPSA) is 69.0 Å². The van der Waals surface area contributed by atoms with E-state index in [2.05, 4.69) is 15.5 Å². The van der Waals surface area contributed by atoms with Crippen molar-refractivity contribution in [2.24, 2.45) is 0 Å². The van der Waals surface area contributed by atoms with Crippen LogP contribution in [-0.4, -0.2) is 33.5 Å². The third kappa shape index (κ3) is 4.65. The number of rotatable bonds is 7. The van der Waals surface area contributed by atoms with Crippen LogP contribution in [0.3, 0.4) is 0 Å². The number of anilines is 1. The number of aromatic nitrogens is 3. The van der Waals surface area contributed by atoms with Crippen LogP contribution in [0.25, 0.3) is 16.4 Å². The number of ether oxygens (including phenoxy) is 1. The molecule has 4 aromatic rings. The molecule has 0 aliphatic heterocycles. The number of hydrogen-bond acceptors (Lipinski definition) is 6. The number of hydrogen-bond donors (Lipinski definition) is 1. The Morgan fingerprint density at radius 2 is 1.90 bits per heavy atom. The quantitative estimate of drug-likeness (QED) is 0.384. The second-order valence-corrected chi connectivity index (χ2v) is 8.82. The molecule has 0 unspecified atom stereocenters. The molecule has 8 heteroatoms. The average Bonchev–Trinajstić information content (AvgIpc) is 3.45. The zero-order chi connectivity index (χ0) is 21.8. The lowest BCUT2D eigenvalue weighted by Gasteiger charge is -2.13. The van der Waals surface area contributed by atoms with Gasteiger partial charge in [0.1, 0.15) is 5.75 Å². The average molecular weight is 451 g/mol. The molecule has 2 aromatic carbocycles. The van der Waals surface area contributed by atoms with E-state index < -0.39 is 0 Å². The Hall–Kier alpha value is -3.10. The molecule has 4 rings (SSSR count). The third-order valence-electron chi connectivity index (χ3n) is 4.74. The number of nitrogens with one attached hydrogen (secondary N) is 1. The summed E-state index contributed by atoms with van der Waals surface area (Å²) >= 11 is 2.97. The number of carbonyl (C=O) groups is 1. The van der Waals surface area contributed by atoms with Gasteiger partial charge in [0.2, 0.25) is 5.91 Å². The van der Waals surface area contributed by atoms with Crippen molar-refractivity contribution in [3.05, 3.63) is 71.1 Å². The molecular formula is C23H22N4O2S2. The van der Waals surface area contributed by atoms with E-state index in [-0.39, 0.29) is 11.7 Å². The Bertz CT molecular complexity index is 1190. The first-order valence-corrected chi connectivity index (χ1v) is 11.6. The van der Waals surface area contributed by atoms with Crippen molar-refractivity contribution < 1.29 is 9.53 Å². The van der Waals surface area contributed by atoms with Gasteiger partial charge >= 0.3 is 0 Å². The molecule has 6 nitrogen and oxygen atoms in total. The van der Waals surface area contributed by atoms with E-state index in [1.165, 1.54) is 11.8 Å². The Morgan fingerprint density at radius 1 is 1.10 bits per heavy atom. The van der Waals surface area contributed by atoms with Crippen LogP contribution in [0.1, 0.15) is 11.1 Å². The number of methoxy groups -OCH3 is 1. The first-order chi connectivity index (χ1) is 15.1. The van der Waals surface area contributed by atoms with Crippen LogP contribution in [0, 0.1) is 13.8 Å². The minimum atomic E-state index is -0.0991. The highest BCUT2D eigenvalue weighted by atomic mass is 32.2. The van der Waals surface area contributed by atoms with Gasteiger partial charge in [0.05, 0.1) is 17.7 Å². The monoisotopic (exact) mass is 450 g/mol.